The summed E-state index contributed by atoms with van der Waals surface area (Å²) in [6.07, 6.45) is 12.1. The van der Waals surface area contributed by atoms with Crippen LogP contribution in [0.3, 0.4) is 0 Å². The van der Waals surface area contributed by atoms with Crippen LogP contribution >= 0.6 is 11.8 Å². The van der Waals surface area contributed by atoms with Crippen molar-refractivity contribution in [1.29, 1.82) is 0 Å². The maximum absolute atomic E-state index is 10.5. The van der Waals surface area contributed by atoms with Gasteiger partial charge in [-0.15, -0.1) is 0 Å². The molecule has 1 amide bonds. The average Bonchev–Trinajstić information content (AvgIpc) is 2.34. The van der Waals surface area contributed by atoms with Crippen molar-refractivity contribution in [2.24, 2.45) is 5.73 Å². The molecule has 18 heavy (non-hydrogen) atoms. The molecule has 0 radical (unpaired) electrons. The molecule has 0 fully saturated rings. The summed E-state index contributed by atoms with van der Waals surface area (Å²) in [4.78, 5) is 10.5. The minimum atomic E-state index is -0.227. The summed E-state index contributed by atoms with van der Waals surface area (Å²) < 4.78 is 0. The van der Waals surface area contributed by atoms with E-state index in [1.54, 1.807) is 11.8 Å². The second-order valence-corrected chi connectivity index (χ2v) is 5.48. The molecule has 0 spiro atoms. The molecule has 0 aromatic carbocycles. The second-order valence-electron chi connectivity index (χ2n) is 4.38. The van der Waals surface area contributed by atoms with Crippen molar-refractivity contribution < 1.29 is 4.79 Å². The molecule has 0 saturated heterocycles. The maximum Gasteiger partial charge on any atom is 0.227 e. The van der Waals surface area contributed by atoms with Gasteiger partial charge in [0.25, 0.3) is 0 Å². The lowest BCUT2D eigenvalue weighted by atomic mass is 10.2. The predicted molar refractivity (Wildman–Crippen MR) is 81.9 cm³/mol. The molecule has 0 aliphatic rings. The summed E-state index contributed by atoms with van der Waals surface area (Å²) >= 11 is 1.59. The number of hydrogen-bond acceptors (Lipinski definition) is 3. The zero-order valence-corrected chi connectivity index (χ0v) is 12.4. The fourth-order valence-electron chi connectivity index (χ4n) is 1.51. The summed E-state index contributed by atoms with van der Waals surface area (Å²) in [5.74, 6) is 1.17. The molecule has 0 saturated carbocycles. The summed E-state index contributed by atoms with van der Waals surface area (Å²) in [7, 11) is 0. The fraction of sp³-hybridized carbons (Fsp3) is 0.786. The minimum Gasteiger partial charge on any atom is -0.369 e. The Morgan fingerprint density at radius 1 is 1.17 bits per heavy atom. The van der Waals surface area contributed by atoms with E-state index in [4.69, 9.17) is 5.73 Å². The minimum absolute atomic E-state index is 0.227. The molecule has 0 bridgehead atoms. The highest BCUT2D eigenvalue weighted by Crippen LogP contribution is 2.00. The van der Waals surface area contributed by atoms with Crippen LogP contribution in [0.15, 0.2) is 12.2 Å². The topological polar surface area (TPSA) is 55.1 Å². The first kappa shape index (κ1) is 17.5. The number of rotatable bonds is 13. The van der Waals surface area contributed by atoms with E-state index in [-0.39, 0.29) is 5.91 Å². The largest absolute Gasteiger partial charge is 0.369 e. The lowest BCUT2D eigenvalue weighted by Crippen LogP contribution is -2.20. The van der Waals surface area contributed by atoms with E-state index < -0.39 is 0 Å². The van der Waals surface area contributed by atoms with Gasteiger partial charge in [-0.05, 0) is 32.2 Å². The van der Waals surface area contributed by atoms with Crippen molar-refractivity contribution in [3.63, 3.8) is 0 Å². The molecular weight excluding hydrogens is 244 g/mol. The van der Waals surface area contributed by atoms with Gasteiger partial charge in [0.05, 0.1) is 5.75 Å². The third-order valence-corrected chi connectivity index (χ3v) is 3.51. The van der Waals surface area contributed by atoms with E-state index >= 15 is 0 Å². The third-order valence-electron chi connectivity index (χ3n) is 2.53. The molecule has 0 rings (SSSR count). The zero-order valence-electron chi connectivity index (χ0n) is 11.6. The summed E-state index contributed by atoms with van der Waals surface area (Å²) in [5.41, 5.74) is 5.05. The lowest BCUT2D eigenvalue weighted by Gasteiger charge is -2.03. The summed E-state index contributed by atoms with van der Waals surface area (Å²) in [6, 6.07) is 0. The molecule has 0 aromatic rings. The van der Waals surface area contributed by atoms with Gasteiger partial charge in [-0.25, -0.2) is 0 Å². The molecular formula is C14H28N2OS. The number of amides is 1. The van der Waals surface area contributed by atoms with Crippen LogP contribution in [0.4, 0.5) is 0 Å². The van der Waals surface area contributed by atoms with Crippen molar-refractivity contribution in [2.45, 2.75) is 45.4 Å². The monoisotopic (exact) mass is 272 g/mol. The number of thioether (sulfide) groups is 1. The molecule has 0 unspecified atom stereocenters. The second kappa shape index (κ2) is 14.6. The van der Waals surface area contributed by atoms with E-state index in [1.807, 2.05) is 0 Å². The van der Waals surface area contributed by atoms with Gasteiger partial charge in [-0.1, -0.05) is 31.9 Å². The molecule has 0 aromatic heterocycles. The summed E-state index contributed by atoms with van der Waals surface area (Å²) in [6.45, 7) is 4.26. The lowest BCUT2D eigenvalue weighted by molar-refractivity contribution is -0.115. The molecule has 0 atom stereocenters. The number of carbonyl (C=O) groups is 1. The Morgan fingerprint density at radius 3 is 2.56 bits per heavy atom. The molecule has 3 N–H and O–H groups in total. The highest BCUT2D eigenvalue weighted by atomic mass is 32.2. The van der Waals surface area contributed by atoms with E-state index in [1.165, 1.54) is 38.5 Å². The van der Waals surface area contributed by atoms with Gasteiger partial charge in [0.15, 0.2) is 0 Å². The van der Waals surface area contributed by atoms with Crippen molar-refractivity contribution >= 4 is 17.7 Å². The normalized spacial score (nSPS) is 11.2. The number of carbonyl (C=O) groups excluding carboxylic acids is 1. The van der Waals surface area contributed by atoms with Crippen LogP contribution in [0, 0.1) is 0 Å². The van der Waals surface area contributed by atoms with Crippen LogP contribution < -0.4 is 11.1 Å². The first-order chi connectivity index (χ1) is 8.77. The molecule has 106 valence electrons. The standard InChI is InChI=1S/C14H28N2OS/c1-2-3-4-5-6-7-8-9-10-16-11-12-18-13-14(15)17/h5-6,16H,2-4,7-13H2,1H3,(H2,15,17)/b6-5-. The SMILES string of the molecule is CCCC/C=C\CCCCNCCSCC(N)=O. The first-order valence-corrected chi connectivity index (χ1v) is 8.14. The average molecular weight is 272 g/mol. The Morgan fingerprint density at radius 2 is 1.89 bits per heavy atom. The van der Waals surface area contributed by atoms with Crippen LogP contribution in [-0.2, 0) is 4.79 Å². The van der Waals surface area contributed by atoms with Gasteiger partial charge in [0.1, 0.15) is 0 Å². The van der Waals surface area contributed by atoms with Crippen LogP contribution in [0.1, 0.15) is 45.4 Å². The van der Waals surface area contributed by atoms with Crippen molar-refractivity contribution in [2.75, 3.05) is 24.6 Å². The van der Waals surface area contributed by atoms with Crippen LogP contribution in [0.25, 0.3) is 0 Å². The Bertz CT molecular complexity index is 220. The Hall–Kier alpha value is -0.480. The quantitative estimate of drug-likeness (QED) is 0.400. The Labute approximate surface area is 116 Å². The fourth-order valence-corrected chi connectivity index (χ4v) is 2.15. The predicted octanol–water partition coefficient (Wildman–Crippen LogP) is 2.71. The van der Waals surface area contributed by atoms with Crippen molar-refractivity contribution in [3.8, 4) is 0 Å². The van der Waals surface area contributed by atoms with Gasteiger partial charge in [0, 0.05) is 12.3 Å². The number of nitrogens with one attached hydrogen (secondary N) is 1. The number of primary amides is 1. The van der Waals surface area contributed by atoms with Crippen molar-refractivity contribution in [3.05, 3.63) is 12.2 Å². The number of allylic oxidation sites excluding steroid dienone is 2. The number of nitrogens with two attached hydrogens (primary N) is 1. The van der Waals surface area contributed by atoms with Gasteiger partial charge >= 0.3 is 0 Å². The summed E-state index contributed by atoms with van der Waals surface area (Å²) in [5, 5.41) is 3.37. The molecule has 3 nitrogen and oxygen atoms in total. The van der Waals surface area contributed by atoms with Crippen molar-refractivity contribution in [1.82, 2.24) is 5.32 Å². The highest BCUT2D eigenvalue weighted by Gasteiger charge is 1.94. The Kier molecular flexibility index (Phi) is 14.2. The number of hydrogen-bond donors (Lipinski definition) is 2. The van der Waals surface area contributed by atoms with Gasteiger partial charge in [-0.3, -0.25) is 4.79 Å². The van der Waals surface area contributed by atoms with E-state index in [9.17, 15) is 4.79 Å². The van der Waals surface area contributed by atoms with Crippen LogP contribution in [-0.4, -0.2) is 30.5 Å². The maximum atomic E-state index is 10.5. The zero-order chi connectivity index (χ0) is 13.5. The molecule has 0 aliphatic heterocycles. The first-order valence-electron chi connectivity index (χ1n) is 6.99. The molecule has 4 heteroatoms. The van der Waals surface area contributed by atoms with Gasteiger partial charge in [-0.2, -0.15) is 11.8 Å². The third kappa shape index (κ3) is 15.5. The molecule has 0 heterocycles. The van der Waals surface area contributed by atoms with Gasteiger partial charge in [0.2, 0.25) is 5.91 Å². The Balaban J connectivity index is 3.03. The van der Waals surface area contributed by atoms with Crippen LogP contribution in [0.2, 0.25) is 0 Å². The molecule has 0 aliphatic carbocycles. The van der Waals surface area contributed by atoms with E-state index in [0.29, 0.717) is 5.75 Å². The highest BCUT2D eigenvalue weighted by molar-refractivity contribution is 7.99. The van der Waals surface area contributed by atoms with E-state index in [0.717, 1.165) is 18.8 Å². The van der Waals surface area contributed by atoms with E-state index in [2.05, 4.69) is 24.4 Å². The smallest absolute Gasteiger partial charge is 0.227 e. The number of unbranched alkanes of at least 4 members (excludes halogenated alkanes) is 4. The van der Waals surface area contributed by atoms with Gasteiger partial charge < -0.3 is 11.1 Å². The van der Waals surface area contributed by atoms with Crippen LogP contribution in [0.5, 0.6) is 0 Å².